The molecule has 1 aromatic heterocycles. The molecular weight excluding hydrogens is 302 g/mol. The molecule has 24 heavy (non-hydrogen) atoms. The van der Waals surface area contributed by atoms with E-state index in [2.05, 4.69) is 5.32 Å². The highest BCUT2D eigenvalue weighted by Crippen LogP contribution is 2.19. The van der Waals surface area contributed by atoms with Gasteiger partial charge in [0.25, 0.3) is 5.91 Å². The molecule has 4 aromatic rings. The number of carbonyl (C=O) groups is 1. The number of benzene rings is 3. The van der Waals surface area contributed by atoms with E-state index in [9.17, 15) is 9.59 Å². The summed E-state index contributed by atoms with van der Waals surface area (Å²) in [5.41, 5.74) is 0.435. The minimum atomic E-state index is -0.646. The summed E-state index contributed by atoms with van der Waals surface area (Å²) in [6.45, 7) is 0. The molecule has 0 saturated heterocycles. The average Bonchev–Trinajstić information content (AvgIpc) is 2.61. The van der Waals surface area contributed by atoms with Crippen molar-refractivity contribution < 1.29 is 9.21 Å². The maximum atomic E-state index is 12.4. The fourth-order valence-electron chi connectivity index (χ4n) is 2.69. The number of anilines is 1. The molecule has 1 heterocycles. The zero-order valence-corrected chi connectivity index (χ0v) is 12.7. The maximum absolute atomic E-state index is 12.4. The second-order valence-electron chi connectivity index (χ2n) is 5.50. The van der Waals surface area contributed by atoms with Crippen LogP contribution < -0.4 is 10.9 Å². The van der Waals surface area contributed by atoms with Crippen LogP contribution in [0.1, 0.15) is 10.4 Å². The molecule has 4 heteroatoms. The molecular formula is C20H13NO3. The fraction of sp³-hybridized carbons (Fsp3) is 0. The number of amides is 1. The average molecular weight is 315 g/mol. The van der Waals surface area contributed by atoms with E-state index in [0.717, 1.165) is 10.8 Å². The van der Waals surface area contributed by atoms with Gasteiger partial charge in [0.15, 0.2) is 0 Å². The highest BCUT2D eigenvalue weighted by Gasteiger charge is 2.14. The molecule has 4 nitrogen and oxygen atoms in total. The Morgan fingerprint density at radius 1 is 0.792 bits per heavy atom. The Kier molecular flexibility index (Phi) is 3.35. The van der Waals surface area contributed by atoms with Crippen LogP contribution >= 0.6 is 0 Å². The normalized spacial score (nSPS) is 10.8. The number of nitrogens with one attached hydrogen (secondary N) is 1. The van der Waals surface area contributed by atoms with Crippen molar-refractivity contribution in [3.8, 4) is 0 Å². The number of rotatable bonds is 2. The number of carbonyl (C=O) groups excluding carboxylic acids is 1. The first-order chi connectivity index (χ1) is 11.7. The molecule has 116 valence electrons. The highest BCUT2D eigenvalue weighted by molar-refractivity contribution is 6.06. The van der Waals surface area contributed by atoms with Crippen LogP contribution in [0.25, 0.3) is 21.7 Å². The SMILES string of the molecule is O=C(Nc1ccc2ccccc2c1)c1cc2ccccc2oc1=O. The quantitative estimate of drug-likeness (QED) is 0.564. The smallest absolute Gasteiger partial charge is 0.349 e. The molecule has 0 aliphatic rings. The van der Waals surface area contributed by atoms with Gasteiger partial charge in [-0.25, -0.2) is 4.79 Å². The maximum Gasteiger partial charge on any atom is 0.349 e. The second kappa shape index (κ2) is 5.66. The number of fused-ring (bicyclic) bond motifs is 2. The molecule has 0 spiro atoms. The molecule has 0 aliphatic carbocycles. The molecule has 0 saturated carbocycles. The van der Waals surface area contributed by atoms with Crippen LogP contribution in [0.3, 0.4) is 0 Å². The summed E-state index contributed by atoms with van der Waals surface area (Å²) in [4.78, 5) is 24.5. The Morgan fingerprint density at radius 2 is 1.50 bits per heavy atom. The monoisotopic (exact) mass is 315 g/mol. The van der Waals surface area contributed by atoms with Gasteiger partial charge in [0.2, 0.25) is 0 Å². The first-order valence-corrected chi connectivity index (χ1v) is 7.54. The summed E-state index contributed by atoms with van der Waals surface area (Å²) in [5.74, 6) is -0.482. The predicted octanol–water partition coefficient (Wildman–Crippen LogP) is 4.20. The summed E-state index contributed by atoms with van der Waals surface area (Å²) < 4.78 is 5.21. The second-order valence-corrected chi connectivity index (χ2v) is 5.50. The molecule has 0 atom stereocenters. The lowest BCUT2D eigenvalue weighted by Gasteiger charge is -2.06. The van der Waals surface area contributed by atoms with Crippen molar-refractivity contribution in [1.29, 1.82) is 0 Å². The summed E-state index contributed by atoms with van der Waals surface area (Å²) in [6.07, 6.45) is 0. The molecule has 0 bridgehead atoms. The molecule has 3 aromatic carbocycles. The summed E-state index contributed by atoms with van der Waals surface area (Å²) in [5, 5.41) is 5.56. The first kappa shape index (κ1) is 14.2. The topological polar surface area (TPSA) is 59.3 Å². The Hall–Kier alpha value is -3.40. The largest absolute Gasteiger partial charge is 0.422 e. The van der Waals surface area contributed by atoms with Crippen LogP contribution in [0.2, 0.25) is 0 Å². The van der Waals surface area contributed by atoms with E-state index in [1.807, 2.05) is 48.5 Å². The van der Waals surface area contributed by atoms with Crippen molar-refractivity contribution in [3.05, 3.63) is 88.8 Å². The Morgan fingerprint density at radius 3 is 2.33 bits per heavy atom. The van der Waals surface area contributed by atoms with E-state index >= 15 is 0 Å². The van der Waals surface area contributed by atoms with Crippen LogP contribution in [0.15, 0.2) is 82.0 Å². The van der Waals surface area contributed by atoms with E-state index in [4.69, 9.17) is 4.42 Å². The van der Waals surface area contributed by atoms with Gasteiger partial charge in [-0.3, -0.25) is 4.79 Å². The van der Waals surface area contributed by atoms with Gasteiger partial charge in [-0.15, -0.1) is 0 Å². The van der Waals surface area contributed by atoms with Crippen molar-refractivity contribution in [1.82, 2.24) is 0 Å². The molecule has 4 rings (SSSR count). The summed E-state index contributed by atoms with van der Waals surface area (Å²) in [7, 11) is 0. The summed E-state index contributed by atoms with van der Waals surface area (Å²) >= 11 is 0. The minimum absolute atomic E-state index is 0.0122. The fourth-order valence-corrected chi connectivity index (χ4v) is 2.69. The van der Waals surface area contributed by atoms with Gasteiger partial charge in [-0.1, -0.05) is 48.5 Å². The molecule has 0 unspecified atom stereocenters. The third-order valence-corrected chi connectivity index (χ3v) is 3.89. The van der Waals surface area contributed by atoms with E-state index in [-0.39, 0.29) is 5.56 Å². The van der Waals surface area contributed by atoms with Gasteiger partial charge >= 0.3 is 5.63 Å². The van der Waals surface area contributed by atoms with Gasteiger partial charge < -0.3 is 9.73 Å². The lowest BCUT2D eigenvalue weighted by molar-refractivity contribution is 0.102. The molecule has 0 aliphatic heterocycles. The summed E-state index contributed by atoms with van der Waals surface area (Å²) in [6, 6.07) is 22.1. The lowest BCUT2D eigenvalue weighted by Crippen LogP contribution is -2.20. The van der Waals surface area contributed by atoms with Crippen LogP contribution in [-0.4, -0.2) is 5.91 Å². The van der Waals surface area contributed by atoms with Gasteiger partial charge in [-0.05, 0) is 35.0 Å². The Bertz CT molecular complexity index is 1130. The van der Waals surface area contributed by atoms with Gasteiger partial charge in [0, 0.05) is 11.1 Å². The standard InChI is InChI=1S/C20H13NO3/c22-19(17-12-15-7-3-4-8-18(15)24-20(17)23)21-16-10-9-13-5-1-2-6-14(13)11-16/h1-12H,(H,21,22). The third kappa shape index (κ3) is 2.54. The van der Waals surface area contributed by atoms with Crippen LogP contribution in [-0.2, 0) is 0 Å². The molecule has 1 amide bonds. The lowest BCUT2D eigenvalue weighted by atomic mass is 10.1. The van der Waals surface area contributed by atoms with E-state index in [1.165, 1.54) is 0 Å². The van der Waals surface area contributed by atoms with Crippen molar-refractivity contribution in [2.45, 2.75) is 0 Å². The molecule has 0 radical (unpaired) electrons. The van der Waals surface area contributed by atoms with Crippen molar-refractivity contribution in [3.63, 3.8) is 0 Å². The number of hydrogen-bond donors (Lipinski definition) is 1. The van der Waals surface area contributed by atoms with Crippen LogP contribution in [0, 0.1) is 0 Å². The number of para-hydroxylation sites is 1. The first-order valence-electron chi connectivity index (χ1n) is 7.54. The zero-order valence-electron chi connectivity index (χ0n) is 12.7. The van der Waals surface area contributed by atoms with Crippen molar-refractivity contribution in [2.75, 3.05) is 5.32 Å². The minimum Gasteiger partial charge on any atom is -0.422 e. The van der Waals surface area contributed by atoms with Gasteiger partial charge in [0.05, 0.1) is 0 Å². The number of hydrogen-bond acceptors (Lipinski definition) is 3. The third-order valence-electron chi connectivity index (χ3n) is 3.89. The van der Waals surface area contributed by atoms with Gasteiger partial charge in [0.1, 0.15) is 11.1 Å². The Balaban J connectivity index is 1.70. The van der Waals surface area contributed by atoms with Gasteiger partial charge in [-0.2, -0.15) is 0 Å². The molecule has 0 fully saturated rings. The van der Waals surface area contributed by atoms with E-state index in [1.54, 1.807) is 24.3 Å². The van der Waals surface area contributed by atoms with E-state index in [0.29, 0.717) is 16.7 Å². The van der Waals surface area contributed by atoms with Crippen molar-refractivity contribution in [2.24, 2.45) is 0 Å². The van der Waals surface area contributed by atoms with Crippen LogP contribution in [0.4, 0.5) is 5.69 Å². The Labute approximate surface area is 137 Å². The zero-order chi connectivity index (χ0) is 16.5. The van der Waals surface area contributed by atoms with E-state index < -0.39 is 11.5 Å². The van der Waals surface area contributed by atoms with Crippen LogP contribution in [0.5, 0.6) is 0 Å². The highest BCUT2D eigenvalue weighted by atomic mass is 16.4. The molecule has 1 N–H and O–H groups in total. The van der Waals surface area contributed by atoms with Crippen molar-refractivity contribution >= 4 is 33.3 Å². The predicted molar refractivity (Wildman–Crippen MR) is 94.4 cm³/mol.